The van der Waals surface area contributed by atoms with Crippen molar-refractivity contribution in [3.8, 4) is 5.75 Å². The van der Waals surface area contributed by atoms with Crippen LogP contribution in [0.5, 0.6) is 5.75 Å². The Balaban J connectivity index is 1.98. The number of fused-ring (bicyclic) bond motifs is 1. The molecule has 2 nitrogen and oxygen atoms in total. The lowest BCUT2D eigenvalue weighted by Gasteiger charge is -2.06. The van der Waals surface area contributed by atoms with Crippen molar-refractivity contribution < 1.29 is 9.84 Å². The summed E-state index contributed by atoms with van der Waals surface area (Å²) in [4.78, 5) is 0. The SMILES string of the molecule is OCCCOc1ccc2c(c1)CCC2. The first-order valence-corrected chi connectivity index (χ1v) is 5.25. The summed E-state index contributed by atoms with van der Waals surface area (Å²) in [6, 6.07) is 6.33. The molecule has 76 valence electrons. The van der Waals surface area contributed by atoms with E-state index in [0.29, 0.717) is 13.0 Å². The Morgan fingerprint density at radius 1 is 1.21 bits per heavy atom. The van der Waals surface area contributed by atoms with Crippen LogP contribution >= 0.6 is 0 Å². The van der Waals surface area contributed by atoms with E-state index in [9.17, 15) is 0 Å². The average molecular weight is 192 g/mol. The van der Waals surface area contributed by atoms with Gasteiger partial charge in [-0.15, -0.1) is 0 Å². The number of aliphatic hydroxyl groups excluding tert-OH is 1. The summed E-state index contributed by atoms with van der Waals surface area (Å²) in [6.07, 6.45) is 4.38. The van der Waals surface area contributed by atoms with Gasteiger partial charge in [0, 0.05) is 13.0 Å². The maximum absolute atomic E-state index is 8.62. The molecule has 0 radical (unpaired) electrons. The molecule has 0 fully saturated rings. The van der Waals surface area contributed by atoms with Crippen molar-refractivity contribution in [3.05, 3.63) is 29.3 Å². The fraction of sp³-hybridized carbons (Fsp3) is 0.500. The largest absolute Gasteiger partial charge is 0.493 e. The topological polar surface area (TPSA) is 29.5 Å². The van der Waals surface area contributed by atoms with Gasteiger partial charge in [0.2, 0.25) is 0 Å². The van der Waals surface area contributed by atoms with E-state index in [1.807, 2.05) is 6.07 Å². The van der Waals surface area contributed by atoms with E-state index < -0.39 is 0 Å². The molecule has 0 saturated carbocycles. The van der Waals surface area contributed by atoms with E-state index in [0.717, 1.165) is 5.75 Å². The highest BCUT2D eigenvalue weighted by molar-refractivity contribution is 5.38. The van der Waals surface area contributed by atoms with Crippen LogP contribution in [0, 0.1) is 0 Å². The molecular weight excluding hydrogens is 176 g/mol. The van der Waals surface area contributed by atoms with Crippen molar-refractivity contribution in [2.24, 2.45) is 0 Å². The Morgan fingerprint density at radius 3 is 2.93 bits per heavy atom. The second-order valence-electron chi connectivity index (χ2n) is 3.71. The molecule has 0 spiro atoms. The quantitative estimate of drug-likeness (QED) is 0.739. The van der Waals surface area contributed by atoms with E-state index in [2.05, 4.69) is 12.1 Å². The zero-order valence-corrected chi connectivity index (χ0v) is 8.33. The Hall–Kier alpha value is -1.02. The lowest BCUT2D eigenvalue weighted by molar-refractivity contribution is 0.233. The van der Waals surface area contributed by atoms with Gasteiger partial charge in [-0.05, 0) is 42.5 Å². The van der Waals surface area contributed by atoms with Crippen LogP contribution in [0.25, 0.3) is 0 Å². The molecule has 0 atom stereocenters. The van der Waals surface area contributed by atoms with Gasteiger partial charge in [-0.2, -0.15) is 0 Å². The Labute approximate surface area is 84.5 Å². The highest BCUT2D eigenvalue weighted by Crippen LogP contribution is 2.25. The summed E-state index contributed by atoms with van der Waals surface area (Å²) in [5.74, 6) is 0.944. The fourth-order valence-corrected chi connectivity index (χ4v) is 1.89. The molecule has 0 aliphatic heterocycles. The van der Waals surface area contributed by atoms with E-state index in [1.54, 1.807) is 0 Å². The summed E-state index contributed by atoms with van der Waals surface area (Å²) >= 11 is 0. The monoisotopic (exact) mass is 192 g/mol. The summed E-state index contributed by atoms with van der Waals surface area (Å²) in [5.41, 5.74) is 2.91. The number of rotatable bonds is 4. The van der Waals surface area contributed by atoms with Crippen LogP contribution in [-0.4, -0.2) is 18.3 Å². The molecule has 2 rings (SSSR count). The van der Waals surface area contributed by atoms with Crippen molar-refractivity contribution in [3.63, 3.8) is 0 Å². The van der Waals surface area contributed by atoms with Gasteiger partial charge >= 0.3 is 0 Å². The number of ether oxygens (including phenoxy) is 1. The molecule has 1 aromatic rings. The van der Waals surface area contributed by atoms with E-state index >= 15 is 0 Å². The van der Waals surface area contributed by atoms with Crippen LogP contribution in [0.3, 0.4) is 0 Å². The first-order valence-electron chi connectivity index (χ1n) is 5.25. The van der Waals surface area contributed by atoms with Crippen molar-refractivity contribution >= 4 is 0 Å². The molecule has 0 heterocycles. The number of hydrogen-bond donors (Lipinski definition) is 1. The second kappa shape index (κ2) is 4.47. The van der Waals surface area contributed by atoms with Gasteiger partial charge in [0.15, 0.2) is 0 Å². The lowest BCUT2D eigenvalue weighted by Crippen LogP contribution is -2.00. The lowest BCUT2D eigenvalue weighted by atomic mass is 10.1. The maximum Gasteiger partial charge on any atom is 0.119 e. The molecule has 1 N–H and O–H groups in total. The van der Waals surface area contributed by atoms with Crippen LogP contribution in [0.2, 0.25) is 0 Å². The number of hydrogen-bond acceptors (Lipinski definition) is 2. The standard InChI is InChI=1S/C12H16O2/c13-7-2-8-14-12-6-5-10-3-1-4-11(10)9-12/h5-6,9,13H,1-4,7-8H2. The Morgan fingerprint density at radius 2 is 2.07 bits per heavy atom. The van der Waals surface area contributed by atoms with Gasteiger partial charge in [-0.25, -0.2) is 0 Å². The molecule has 0 amide bonds. The van der Waals surface area contributed by atoms with Crippen molar-refractivity contribution in [2.45, 2.75) is 25.7 Å². The van der Waals surface area contributed by atoms with Gasteiger partial charge < -0.3 is 9.84 Å². The number of aryl methyl sites for hydroxylation is 2. The van der Waals surface area contributed by atoms with Crippen LogP contribution < -0.4 is 4.74 Å². The molecule has 2 heteroatoms. The van der Waals surface area contributed by atoms with Gasteiger partial charge in [0.25, 0.3) is 0 Å². The molecule has 0 unspecified atom stereocenters. The normalized spacial score (nSPS) is 14.1. The van der Waals surface area contributed by atoms with E-state index in [-0.39, 0.29) is 6.61 Å². The smallest absolute Gasteiger partial charge is 0.119 e. The highest BCUT2D eigenvalue weighted by atomic mass is 16.5. The molecule has 0 aromatic heterocycles. The highest BCUT2D eigenvalue weighted by Gasteiger charge is 2.10. The molecule has 1 aliphatic carbocycles. The van der Waals surface area contributed by atoms with E-state index in [1.165, 1.54) is 30.4 Å². The number of benzene rings is 1. The predicted molar refractivity (Wildman–Crippen MR) is 55.7 cm³/mol. The molecule has 0 saturated heterocycles. The minimum atomic E-state index is 0.199. The van der Waals surface area contributed by atoms with Crippen LogP contribution in [0.4, 0.5) is 0 Å². The summed E-state index contributed by atoms with van der Waals surface area (Å²) < 4.78 is 5.51. The van der Waals surface area contributed by atoms with E-state index in [4.69, 9.17) is 9.84 Å². The van der Waals surface area contributed by atoms with Gasteiger partial charge in [-0.3, -0.25) is 0 Å². The van der Waals surface area contributed by atoms with Crippen LogP contribution in [-0.2, 0) is 12.8 Å². The molecular formula is C12H16O2. The maximum atomic E-state index is 8.62. The van der Waals surface area contributed by atoms with Crippen LogP contribution in [0.1, 0.15) is 24.0 Å². The zero-order valence-electron chi connectivity index (χ0n) is 8.33. The zero-order chi connectivity index (χ0) is 9.80. The summed E-state index contributed by atoms with van der Waals surface area (Å²) in [7, 11) is 0. The third-order valence-corrected chi connectivity index (χ3v) is 2.64. The Bertz CT molecular complexity index is 307. The summed E-state index contributed by atoms with van der Waals surface area (Å²) in [5, 5.41) is 8.62. The molecule has 0 bridgehead atoms. The molecule has 1 aliphatic rings. The molecule has 14 heavy (non-hydrogen) atoms. The molecule has 1 aromatic carbocycles. The third-order valence-electron chi connectivity index (χ3n) is 2.64. The third kappa shape index (κ3) is 2.07. The van der Waals surface area contributed by atoms with Gasteiger partial charge in [0.1, 0.15) is 5.75 Å². The van der Waals surface area contributed by atoms with Crippen molar-refractivity contribution in [1.82, 2.24) is 0 Å². The van der Waals surface area contributed by atoms with Crippen molar-refractivity contribution in [1.29, 1.82) is 0 Å². The van der Waals surface area contributed by atoms with Crippen molar-refractivity contribution in [2.75, 3.05) is 13.2 Å². The fourth-order valence-electron chi connectivity index (χ4n) is 1.89. The predicted octanol–water partition coefficient (Wildman–Crippen LogP) is 1.94. The van der Waals surface area contributed by atoms with Crippen LogP contribution in [0.15, 0.2) is 18.2 Å². The average Bonchev–Trinajstić information content (AvgIpc) is 2.65. The van der Waals surface area contributed by atoms with Gasteiger partial charge in [0.05, 0.1) is 6.61 Å². The number of aliphatic hydroxyl groups is 1. The minimum absolute atomic E-state index is 0.199. The second-order valence-corrected chi connectivity index (χ2v) is 3.71. The minimum Gasteiger partial charge on any atom is -0.493 e. The first kappa shape index (κ1) is 9.53. The Kier molecular flexibility index (Phi) is 3.04. The summed E-state index contributed by atoms with van der Waals surface area (Å²) in [6.45, 7) is 0.806. The first-order chi connectivity index (χ1) is 6.90. The van der Waals surface area contributed by atoms with Gasteiger partial charge in [-0.1, -0.05) is 6.07 Å².